The third kappa shape index (κ3) is 1.82. The van der Waals surface area contributed by atoms with Gasteiger partial charge in [0.25, 0.3) is 0 Å². The highest BCUT2D eigenvalue weighted by molar-refractivity contribution is 5.73. The second-order valence-electron chi connectivity index (χ2n) is 5.12. The van der Waals surface area contributed by atoms with Gasteiger partial charge in [-0.25, -0.2) is 14.3 Å². The van der Waals surface area contributed by atoms with Crippen LogP contribution in [0, 0.1) is 0 Å². The molecule has 0 saturated heterocycles. The van der Waals surface area contributed by atoms with Crippen LogP contribution in [0.2, 0.25) is 0 Å². The van der Waals surface area contributed by atoms with Crippen molar-refractivity contribution in [3.05, 3.63) is 52.8 Å². The van der Waals surface area contributed by atoms with Crippen molar-refractivity contribution in [2.45, 2.75) is 19.8 Å². The van der Waals surface area contributed by atoms with Gasteiger partial charge >= 0.3 is 5.69 Å². The van der Waals surface area contributed by atoms with E-state index in [9.17, 15) is 4.79 Å². The van der Waals surface area contributed by atoms with E-state index in [1.54, 1.807) is 28.6 Å². The summed E-state index contributed by atoms with van der Waals surface area (Å²) in [5, 5.41) is 0. The zero-order valence-corrected chi connectivity index (χ0v) is 11.7. The number of imidazole rings is 1. The van der Waals surface area contributed by atoms with E-state index in [0.717, 1.165) is 16.9 Å². The molecule has 0 aliphatic rings. The summed E-state index contributed by atoms with van der Waals surface area (Å²) in [5.41, 5.74) is 3.10. The number of aryl methyl sites for hydroxylation is 1. The fourth-order valence-corrected chi connectivity index (χ4v) is 2.27. The van der Waals surface area contributed by atoms with Crippen LogP contribution in [0.1, 0.15) is 25.5 Å². The maximum absolute atomic E-state index is 12.4. The predicted octanol–water partition coefficient (Wildman–Crippen LogP) is 2.24. The number of pyridine rings is 2. The number of fused-ring (bicyclic) bond motifs is 1. The van der Waals surface area contributed by atoms with E-state index < -0.39 is 0 Å². The third-order valence-electron chi connectivity index (χ3n) is 3.44. The van der Waals surface area contributed by atoms with Gasteiger partial charge in [-0.05, 0) is 30.2 Å². The van der Waals surface area contributed by atoms with E-state index in [1.807, 2.05) is 24.3 Å². The molecule has 0 aliphatic heterocycles. The van der Waals surface area contributed by atoms with E-state index in [1.165, 1.54) is 0 Å². The maximum atomic E-state index is 12.4. The molecule has 5 heteroatoms. The summed E-state index contributed by atoms with van der Waals surface area (Å²) in [6.07, 6.45) is 3.42. The summed E-state index contributed by atoms with van der Waals surface area (Å²) < 4.78 is 3.19. The molecule has 0 amide bonds. The molecule has 0 aromatic carbocycles. The molecule has 3 rings (SSSR count). The topological polar surface area (TPSA) is 52.7 Å². The van der Waals surface area contributed by atoms with E-state index in [0.29, 0.717) is 11.6 Å². The van der Waals surface area contributed by atoms with Crippen molar-refractivity contribution in [2.24, 2.45) is 7.05 Å². The smallest absolute Gasteiger partial charge is 0.293 e. The van der Waals surface area contributed by atoms with Crippen LogP contribution in [-0.4, -0.2) is 19.1 Å². The van der Waals surface area contributed by atoms with E-state index in [-0.39, 0.29) is 5.69 Å². The van der Waals surface area contributed by atoms with Crippen LogP contribution in [0.25, 0.3) is 16.9 Å². The minimum Gasteiger partial charge on any atom is -0.293 e. The van der Waals surface area contributed by atoms with Crippen molar-refractivity contribution in [2.75, 3.05) is 0 Å². The summed E-state index contributed by atoms with van der Waals surface area (Å²) in [7, 11) is 1.75. The average molecular weight is 268 g/mol. The summed E-state index contributed by atoms with van der Waals surface area (Å²) in [6.45, 7) is 4.18. The Hall–Kier alpha value is -2.43. The van der Waals surface area contributed by atoms with E-state index >= 15 is 0 Å². The molecule has 5 nitrogen and oxygen atoms in total. The number of aromatic nitrogens is 4. The molecule has 102 valence electrons. The highest BCUT2D eigenvalue weighted by atomic mass is 16.1. The lowest BCUT2D eigenvalue weighted by atomic mass is 10.1. The average Bonchev–Trinajstić information content (AvgIpc) is 2.72. The molecule has 3 heterocycles. The van der Waals surface area contributed by atoms with Crippen LogP contribution >= 0.6 is 0 Å². The molecule has 0 N–H and O–H groups in total. The van der Waals surface area contributed by atoms with Gasteiger partial charge in [0.15, 0.2) is 5.65 Å². The zero-order valence-electron chi connectivity index (χ0n) is 11.7. The Kier molecular flexibility index (Phi) is 2.89. The second kappa shape index (κ2) is 4.59. The zero-order chi connectivity index (χ0) is 14.3. The van der Waals surface area contributed by atoms with Gasteiger partial charge in [0, 0.05) is 18.9 Å². The Morgan fingerprint density at radius 2 is 1.95 bits per heavy atom. The van der Waals surface area contributed by atoms with Crippen LogP contribution in [0.4, 0.5) is 0 Å². The van der Waals surface area contributed by atoms with Crippen molar-refractivity contribution < 1.29 is 0 Å². The summed E-state index contributed by atoms with van der Waals surface area (Å²) in [4.78, 5) is 21.1. The monoisotopic (exact) mass is 268 g/mol. The lowest BCUT2D eigenvalue weighted by Crippen LogP contribution is -2.21. The van der Waals surface area contributed by atoms with Gasteiger partial charge in [-0.2, -0.15) is 0 Å². The number of hydrogen-bond acceptors (Lipinski definition) is 3. The molecule has 0 saturated carbocycles. The van der Waals surface area contributed by atoms with E-state index in [2.05, 4.69) is 23.8 Å². The Bertz CT molecular complexity index is 812. The fraction of sp³-hybridized carbons (Fsp3) is 0.267. The van der Waals surface area contributed by atoms with Crippen LogP contribution in [0.15, 0.2) is 41.5 Å². The largest absolute Gasteiger partial charge is 0.334 e. The molecule has 0 unspecified atom stereocenters. The Morgan fingerprint density at radius 1 is 1.15 bits per heavy atom. The number of rotatable bonds is 2. The van der Waals surface area contributed by atoms with Gasteiger partial charge in [-0.3, -0.25) is 9.55 Å². The third-order valence-corrected chi connectivity index (χ3v) is 3.44. The van der Waals surface area contributed by atoms with Gasteiger partial charge in [0.1, 0.15) is 0 Å². The summed E-state index contributed by atoms with van der Waals surface area (Å²) in [6, 6.07) is 7.58. The summed E-state index contributed by atoms with van der Waals surface area (Å²) >= 11 is 0. The lowest BCUT2D eigenvalue weighted by molar-refractivity contribution is 0.811. The van der Waals surface area contributed by atoms with Gasteiger partial charge < -0.3 is 0 Å². The van der Waals surface area contributed by atoms with Crippen molar-refractivity contribution in [1.29, 1.82) is 0 Å². The highest BCUT2D eigenvalue weighted by Gasteiger charge is 2.13. The second-order valence-corrected chi connectivity index (χ2v) is 5.12. The molecule has 3 aromatic heterocycles. The lowest BCUT2D eigenvalue weighted by Gasteiger charge is -2.06. The van der Waals surface area contributed by atoms with Crippen molar-refractivity contribution >= 4 is 11.2 Å². The first-order valence-corrected chi connectivity index (χ1v) is 6.58. The van der Waals surface area contributed by atoms with Gasteiger partial charge in [-0.15, -0.1) is 0 Å². The SMILES string of the molecule is CC(C)c1ccc(-n2c(=O)n(C)c3cccnc32)cn1. The van der Waals surface area contributed by atoms with Gasteiger partial charge in [-0.1, -0.05) is 13.8 Å². The molecule has 20 heavy (non-hydrogen) atoms. The quantitative estimate of drug-likeness (QED) is 0.716. The molecule has 0 spiro atoms. The molecule has 3 aromatic rings. The first-order valence-electron chi connectivity index (χ1n) is 6.58. The molecule has 0 atom stereocenters. The van der Waals surface area contributed by atoms with Crippen LogP contribution in [0.5, 0.6) is 0 Å². The van der Waals surface area contributed by atoms with Crippen LogP contribution in [-0.2, 0) is 7.05 Å². The fourth-order valence-electron chi connectivity index (χ4n) is 2.27. The van der Waals surface area contributed by atoms with E-state index in [4.69, 9.17) is 0 Å². The minimum absolute atomic E-state index is 0.113. The van der Waals surface area contributed by atoms with Gasteiger partial charge in [0.05, 0.1) is 17.4 Å². The normalized spacial score (nSPS) is 11.4. The highest BCUT2D eigenvalue weighted by Crippen LogP contribution is 2.16. The van der Waals surface area contributed by atoms with Crippen LogP contribution in [0.3, 0.4) is 0 Å². The van der Waals surface area contributed by atoms with Crippen LogP contribution < -0.4 is 5.69 Å². The molecule has 0 radical (unpaired) electrons. The molecule has 0 fully saturated rings. The number of hydrogen-bond donors (Lipinski definition) is 0. The molecular formula is C15H16N4O. The van der Waals surface area contributed by atoms with Gasteiger partial charge in [0.2, 0.25) is 0 Å². The molecular weight excluding hydrogens is 252 g/mol. The Labute approximate surface area is 116 Å². The minimum atomic E-state index is -0.113. The number of nitrogens with zero attached hydrogens (tertiary/aromatic N) is 4. The predicted molar refractivity (Wildman–Crippen MR) is 78.2 cm³/mol. The molecule has 0 bridgehead atoms. The Morgan fingerprint density at radius 3 is 2.60 bits per heavy atom. The van der Waals surface area contributed by atoms with Crippen molar-refractivity contribution in [3.8, 4) is 5.69 Å². The first kappa shape index (κ1) is 12.6. The first-order chi connectivity index (χ1) is 9.59. The molecule has 0 aliphatic carbocycles. The maximum Gasteiger partial charge on any atom is 0.334 e. The Balaban J connectivity index is 2.24. The standard InChI is InChI=1S/C15H16N4O/c1-10(2)12-7-6-11(9-17-12)19-14-13(5-4-8-16-14)18(3)15(19)20/h4-10H,1-3H3. The van der Waals surface area contributed by atoms with Crippen molar-refractivity contribution in [1.82, 2.24) is 19.1 Å². The van der Waals surface area contributed by atoms with Crippen molar-refractivity contribution in [3.63, 3.8) is 0 Å². The summed E-state index contributed by atoms with van der Waals surface area (Å²) in [5.74, 6) is 0.367.